The van der Waals surface area contributed by atoms with Crippen LogP contribution >= 0.6 is 11.8 Å². The number of hydrogen-bond acceptors (Lipinski definition) is 5. The number of hydrogen-bond donors (Lipinski definition) is 1. The fraction of sp³-hybridized carbons (Fsp3) is 0.778. The SMILES string of the molecule is C=C(NC(=NC[C@H]1CCCO1)/C(N=CCC)=C(\CCC)N(C)C1CCC(C)CC1)SCCC. The topological polar surface area (TPSA) is 49.2 Å². The summed E-state index contributed by atoms with van der Waals surface area (Å²) in [6, 6.07) is 0.576. The average molecular weight is 477 g/mol. The zero-order valence-electron chi connectivity index (χ0n) is 21.9. The molecule has 33 heavy (non-hydrogen) atoms. The molecule has 1 atom stereocenters. The summed E-state index contributed by atoms with van der Waals surface area (Å²) < 4.78 is 5.87. The second kappa shape index (κ2) is 15.6. The van der Waals surface area contributed by atoms with Crippen LogP contribution in [0.4, 0.5) is 0 Å². The molecule has 0 aromatic heterocycles. The van der Waals surface area contributed by atoms with E-state index in [0.717, 1.165) is 73.4 Å². The largest absolute Gasteiger partial charge is 0.376 e. The Morgan fingerprint density at radius 3 is 2.52 bits per heavy atom. The van der Waals surface area contributed by atoms with E-state index in [1.807, 2.05) is 6.21 Å². The van der Waals surface area contributed by atoms with Gasteiger partial charge in [0.2, 0.25) is 0 Å². The van der Waals surface area contributed by atoms with Crippen LogP contribution in [0.3, 0.4) is 0 Å². The van der Waals surface area contributed by atoms with Gasteiger partial charge in [-0.25, -0.2) is 0 Å². The van der Waals surface area contributed by atoms with E-state index in [2.05, 4.69) is 51.5 Å². The molecule has 0 aromatic rings. The van der Waals surface area contributed by atoms with E-state index in [1.165, 1.54) is 31.4 Å². The third kappa shape index (κ3) is 9.48. The average Bonchev–Trinajstić information content (AvgIpc) is 3.34. The fourth-order valence-electron chi connectivity index (χ4n) is 4.55. The zero-order chi connectivity index (χ0) is 24.1. The molecule has 1 N–H and O–H groups in total. The minimum Gasteiger partial charge on any atom is -0.376 e. The van der Waals surface area contributed by atoms with Gasteiger partial charge < -0.3 is 15.0 Å². The smallest absolute Gasteiger partial charge is 0.154 e. The van der Waals surface area contributed by atoms with Crippen LogP contribution in [-0.4, -0.2) is 55.0 Å². The van der Waals surface area contributed by atoms with Crippen molar-refractivity contribution in [3.63, 3.8) is 0 Å². The van der Waals surface area contributed by atoms with Gasteiger partial charge in [0.25, 0.3) is 0 Å². The summed E-state index contributed by atoms with van der Waals surface area (Å²) in [5.41, 5.74) is 2.28. The molecule has 2 rings (SSSR count). The maximum atomic E-state index is 5.87. The number of allylic oxidation sites excluding steroid dienone is 1. The first-order chi connectivity index (χ1) is 16.0. The molecule has 0 spiro atoms. The van der Waals surface area contributed by atoms with Gasteiger partial charge in [-0.1, -0.05) is 40.7 Å². The summed E-state index contributed by atoms with van der Waals surface area (Å²) in [5.74, 6) is 2.74. The van der Waals surface area contributed by atoms with Crippen molar-refractivity contribution in [1.29, 1.82) is 0 Å². The number of rotatable bonds is 13. The minimum absolute atomic E-state index is 0.210. The van der Waals surface area contributed by atoms with Gasteiger partial charge in [0, 0.05) is 31.6 Å². The number of nitrogens with zero attached hydrogens (tertiary/aromatic N) is 3. The van der Waals surface area contributed by atoms with Crippen LogP contribution in [0.2, 0.25) is 0 Å². The van der Waals surface area contributed by atoms with Gasteiger partial charge in [0.15, 0.2) is 5.84 Å². The summed E-state index contributed by atoms with van der Waals surface area (Å²) in [6.07, 6.45) is 13.7. The highest BCUT2D eigenvalue weighted by molar-refractivity contribution is 8.03. The van der Waals surface area contributed by atoms with E-state index < -0.39 is 0 Å². The maximum Gasteiger partial charge on any atom is 0.154 e. The summed E-state index contributed by atoms with van der Waals surface area (Å²) >= 11 is 1.76. The Hall–Kier alpha value is -1.27. The highest BCUT2D eigenvalue weighted by Crippen LogP contribution is 2.31. The lowest BCUT2D eigenvalue weighted by molar-refractivity contribution is 0.118. The third-order valence-electron chi connectivity index (χ3n) is 6.56. The Balaban J connectivity index is 2.41. The Bertz CT molecular complexity index is 674. The molecule has 2 fully saturated rings. The van der Waals surface area contributed by atoms with E-state index in [4.69, 9.17) is 14.7 Å². The molecule has 1 aliphatic carbocycles. The van der Waals surface area contributed by atoms with Crippen molar-refractivity contribution in [2.45, 2.75) is 104 Å². The zero-order valence-corrected chi connectivity index (χ0v) is 22.7. The van der Waals surface area contributed by atoms with Crippen LogP contribution in [0.5, 0.6) is 0 Å². The van der Waals surface area contributed by atoms with Gasteiger partial charge in [0.05, 0.1) is 17.7 Å². The lowest BCUT2D eigenvalue weighted by Gasteiger charge is -2.37. The minimum atomic E-state index is 0.210. The highest BCUT2D eigenvalue weighted by Gasteiger charge is 2.26. The van der Waals surface area contributed by atoms with Crippen LogP contribution in [0.25, 0.3) is 0 Å². The summed E-state index contributed by atoms with van der Waals surface area (Å²) in [7, 11) is 2.27. The standard InChI is InChI=1S/C27H48N4OS/c1-7-11-25(31(6)23-15-13-21(4)14-16-23)26(28-17-8-2)27(30-22(5)33-19-9-3)29-20-24-12-10-18-32-24/h17,21,23-24H,5,7-16,18-20H2,1-4,6H3,(H,29,30)/b26-25-,28-17?/t21?,23?,24-/m1/s1. The normalized spacial score (nSPS) is 24.8. The van der Waals surface area contributed by atoms with Crippen molar-refractivity contribution in [3.8, 4) is 0 Å². The molecule has 1 saturated carbocycles. The second-order valence-corrected chi connectivity index (χ2v) is 10.7. The van der Waals surface area contributed by atoms with Crippen LogP contribution in [0.1, 0.15) is 91.9 Å². The maximum absolute atomic E-state index is 5.87. The Labute approximate surface area is 207 Å². The van der Waals surface area contributed by atoms with E-state index in [0.29, 0.717) is 12.6 Å². The van der Waals surface area contributed by atoms with E-state index >= 15 is 0 Å². The molecule has 0 unspecified atom stereocenters. The molecule has 6 heteroatoms. The predicted octanol–water partition coefficient (Wildman–Crippen LogP) is 6.77. The van der Waals surface area contributed by atoms with Gasteiger partial charge in [-0.15, -0.1) is 11.8 Å². The van der Waals surface area contributed by atoms with Crippen LogP contribution in [0, 0.1) is 5.92 Å². The quantitative estimate of drug-likeness (QED) is 0.235. The third-order valence-corrected chi connectivity index (χ3v) is 7.62. The lowest BCUT2D eigenvalue weighted by atomic mass is 9.86. The molecule has 2 aliphatic rings. The van der Waals surface area contributed by atoms with Crippen molar-refractivity contribution in [2.24, 2.45) is 15.9 Å². The first-order valence-electron chi connectivity index (χ1n) is 13.2. The van der Waals surface area contributed by atoms with Gasteiger partial charge >= 0.3 is 0 Å². The number of ether oxygens (including phenoxy) is 1. The predicted molar refractivity (Wildman–Crippen MR) is 146 cm³/mol. The Morgan fingerprint density at radius 1 is 1.15 bits per heavy atom. The van der Waals surface area contributed by atoms with Crippen LogP contribution in [-0.2, 0) is 4.74 Å². The van der Waals surface area contributed by atoms with E-state index in [-0.39, 0.29) is 6.10 Å². The fourth-order valence-corrected chi connectivity index (χ4v) is 5.17. The molecule has 5 nitrogen and oxygen atoms in total. The van der Waals surface area contributed by atoms with Gasteiger partial charge in [-0.3, -0.25) is 9.98 Å². The van der Waals surface area contributed by atoms with E-state index in [1.54, 1.807) is 11.8 Å². The van der Waals surface area contributed by atoms with Gasteiger partial charge in [-0.05, 0) is 69.5 Å². The number of aliphatic imine (C=N–C) groups is 2. The first-order valence-corrected chi connectivity index (χ1v) is 14.2. The number of amidine groups is 1. The van der Waals surface area contributed by atoms with Crippen molar-refractivity contribution >= 4 is 23.8 Å². The molecule has 0 radical (unpaired) electrons. The lowest BCUT2D eigenvalue weighted by Crippen LogP contribution is -2.36. The number of nitrogens with one attached hydrogen (secondary N) is 1. The molecule has 0 amide bonds. The molecule has 1 heterocycles. The van der Waals surface area contributed by atoms with Crippen molar-refractivity contribution in [1.82, 2.24) is 10.2 Å². The van der Waals surface area contributed by atoms with Crippen molar-refractivity contribution < 1.29 is 4.74 Å². The molecule has 1 saturated heterocycles. The molecule has 0 bridgehead atoms. The summed E-state index contributed by atoms with van der Waals surface area (Å²) in [5, 5.41) is 4.49. The number of thioether (sulfide) groups is 1. The molecule has 0 aromatic carbocycles. The first kappa shape index (κ1) is 28.0. The second-order valence-electron chi connectivity index (χ2n) is 9.51. The van der Waals surface area contributed by atoms with Crippen molar-refractivity contribution in [2.75, 3.05) is 26.0 Å². The molecule has 188 valence electrons. The monoisotopic (exact) mass is 476 g/mol. The molecule has 1 aliphatic heterocycles. The summed E-state index contributed by atoms with van der Waals surface area (Å²) in [4.78, 5) is 12.6. The Morgan fingerprint density at radius 2 is 1.91 bits per heavy atom. The molecular weight excluding hydrogens is 428 g/mol. The summed E-state index contributed by atoms with van der Waals surface area (Å²) in [6.45, 7) is 14.8. The van der Waals surface area contributed by atoms with Crippen LogP contribution in [0.15, 0.2) is 33.0 Å². The Kier molecular flexibility index (Phi) is 13.2. The van der Waals surface area contributed by atoms with Gasteiger partial charge in [-0.2, -0.15) is 0 Å². The van der Waals surface area contributed by atoms with Crippen molar-refractivity contribution in [3.05, 3.63) is 23.0 Å². The van der Waals surface area contributed by atoms with E-state index in [9.17, 15) is 0 Å². The molecular formula is C27H48N4OS. The van der Waals surface area contributed by atoms with Gasteiger partial charge in [0.1, 0.15) is 5.70 Å². The highest BCUT2D eigenvalue weighted by atomic mass is 32.2. The van der Waals surface area contributed by atoms with Crippen LogP contribution < -0.4 is 5.32 Å².